The summed E-state index contributed by atoms with van der Waals surface area (Å²) in [5.41, 5.74) is 6.65. The van der Waals surface area contributed by atoms with E-state index in [1.807, 2.05) is 6.92 Å². The van der Waals surface area contributed by atoms with Gasteiger partial charge in [0.05, 0.1) is 6.04 Å². The zero-order valence-electron chi connectivity index (χ0n) is 9.48. The van der Waals surface area contributed by atoms with Crippen molar-refractivity contribution in [1.82, 2.24) is 10.9 Å². The first-order valence-electron chi connectivity index (χ1n) is 5.62. The first kappa shape index (κ1) is 12.0. The van der Waals surface area contributed by atoms with E-state index < -0.39 is 12.0 Å². The maximum absolute atomic E-state index is 12.8. The Kier molecular flexibility index (Phi) is 3.40. The van der Waals surface area contributed by atoms with Crippen molar-refractivity contribution in [3.8, 4) is 0 Å². The van der Waals surface area contributed by atoms with Gasteiger partial charge in [-0.2, -0.15) is 0 Å². The lowest BCUT2D eigenvalue weighted by Gasteiger charge is -2.19. The van der Waals surface area contributed by atoms with Gasteiger partial charge in [0.1, 0.15) is 11.9 Å². The average molecular weight is 238 g/mol. The van der Waals surface area contributed by atoms with Gasteiger partial charge in [-0.05, 0) is 24.1 Å². The molecule has 3 atom stereocenters. The van der Waals surface area contributed by atoms with Crippen LogP contribution in [0.3, 0.4) is 0 Å². The molecule has 4 nitrogen and oxygen atoms in total. The third kappa shape index (κ3) is 2.30. The van der Waals surface area contributed by atoms with Gasteiger partial charge < -0.3 is 5.11 Å². The number of hydrogen-bond acceptors (Lipinski definition) is 3. The third-order valence-corrected chi connectivity index (χ3v) is 3.22. The number of benzene rings is 1. The Morgan fingerprint density at radius 1 is 1.35 bits per heavy atom. The van der Waals surface area contributed by atoms with Gasteiger partial charge >= 0.3 is 5.97 Å². The number of carboxylic acid groups (broad SMARTS) is 1. The molecule has 0 saturated carbocycles. The summed E-state index contributed by atoms with van der Waals surface area (Å²) in [5.74, 6) is -1.20. The molecule has 0 amide bonds. The summed E-state index contributed by atoms with van der Waals surface area (Å²) < 4.78 is 12.8. The monoisotopic (exact) mass is 238 g/mol. The van der Waals surface area contributed by atoms with Crippen molar-refractivity contribution < 1.29 is 14.3 Å². The molecular formula is C12H15FN2O2. The number of rotatable bonds is 3. The van der Waals surface area contributed by atoms with Crippen molar-refractivity contribution in [2.45, 2.75) is 25.4 Å². The second-order valence-corrected chi connectivity index (χ2v) is 4.21. The summed E-state index contributed by atoms with van der Waals surface area (Å²) in [6.45, 7) is 1.95. The summed E-state index contributed by atoms with van der Waals surface area (Å²) in [7, 11) is 0. The molecule has 3 unspecified atom stereocenters. The predicted molar refractivity (Wildman–Crippen MR) is 60.6 cm³/mol. The van der Waals surface area contributed by atoms with Gasteiger partial charge in [-0.25, -0.2) is 15.2 Å². The molecule has 1 aliphatic rings. The molecule has 1 saturated heterocycles. The van der Waals surface area contributed by atoms with Crippen LogP contribution < -0.4 is 10.9 Å². The van der Waals surface area contributed by atoms with Gasteiger partial charge in [0.25, 0.3) is 0 Å². The van der Waals surface area contributed by atoms with Gasteiger partial charge in [-0.3, -0.25) is 4.79 Å². The molecule has 1 aromatic rings. The summed E-state index contributed by atoms with van der Waals surface area (Å²) in [4.78, 5) is 11.0. The van der Waals surface area contributed by atoms with Crippen LogP contribution in [0.5, 0.6) is 0 Å². The predicted octanol–water partition coefficient (Wildman–Crippen LogP) is 1.45. The fourth-order valence-electron chi connectivity index (χ4n) is 2.30. The van der Waals surface area contributed by atoms with E-state index in [1.54, 1.807) is 12.1 Å². The Balaban J connectivity index is 2.22. The number of carbonyl (C=O) groups is 1. The molecule has 0 spiro atoms. The molecule has 5 heteroatoms. The Bertz CT molecular complexity index is 407. The number of carboxylic acids is 1. The molecule has 3 N–H and O–H groups in total. The second kappa shape index (κ2) is 4.81. The van der Waals surface area contributed by atoms with Crippen molar-refractivity contribution in [1.29, 1.82) is 0 Å². The summed E-state index contributed by atoms with van der Waals surface area (Å²) >= 11 is 0. The molecule has 0 bridgehead atoms. The normalized spacial score (nSPS) is 28.2. The van der Waals surface area contributed by atoms with Crippen LogP contribution in [0.15, 0.2) is 24.3 Å². The van der Waals surface area contributed by atoms with Crippen LogP contribution in [0.1, 0.15) is 24.9 Å². The van der Waals surface area contributed by atoms with E-state index in [-0.39, 0.29) is 17.8 Å². The van der Waals surface area contributed by atoms with E-state index >= 15 is 0 Å². The van der Waals surface area contributed by atoms with Crippen molar-refractivity contribution >= 4 is 5.97 Å². The summed E-state index contributed by atoms with van der Waals surface area (Å²) in [5, 5.41) is 9.06. The topological polar surface area (TPSA) is 61.4 Å². The fraction of sp³-hybridized carbons (Fsp3) is 0.417. The van der Waals surface area contributed by atoms with E-state index in [9.17, 15) is 9.18 Å². The van der Waals surface area contributed by atoms with Crippen LogP contribution in [0.2, 0.25) is 0 Å². The summed E-state index contributed by atoms with van der Waals surface area (Å²) in [6, 6.07) is 5.44. The molecular weight excluding hydrogens is 223 g/mol. The number of hydrazine groups is 1. The highest BCUT2D eigenvalue weighted by Crippen LogP contribution is 2.31. The highest BCUT2D eigenvalue weighted by Gasteiger charge is 2.39. The molecule has 1 heterocycles. The fourth-order valence-corrected chi connectivity index (χ4v) is 2.30. The number of hydrogen-bond donors (Lipinski definition) is 3. The molecule has 17 heavy (non-hydrogen) atoms. The second-order valence-electron chi connectivity index (χ2n) is 4.21. The Morgan fingerprint density at radius 2 is 2.00 bits per heavy atom. The SMILES string of the molecule is CCC1C(C(=O)O)NNC1c1ccc(F)cc1. The van der Waals surface area contributed by atoms with Crippen LogP contribution in [0.25, 0.3) is 0 Å². The van der Waals surface area contributed by atoms with Crippen molar-refractivity contribution in [2.75, 3.05) is 0 Å². The molecule has 1 aliphatic heterocycles. The molecule has 0 radical (unpaired) electrons. The van der Waals surface area contributed by atoms with E-state index in [0.717, 1.165) is 12.0 Å². The number of halogens is 1. The third-order valence-electron chi connectivity index (χ3n) is 3.22. The van der Waals surface area contributed by atoms with Crippen LogP contribution in [0, 0.1) is 11.7 Å². The largest absolute Gasteiger partial charge is 0.480 e. The van der Waals surface area contributed by atoms with Crippen molar-refractivity contribution in [2.24, 2.45) is 5.92 Å². The minimum Gasteiger partial charge on any atom is -0.480 e. The minimum absolute atomic E-state index is 0.0436. The van der Waals surface area contributed by atoms with Gasteiger partial charge in [0, 0.05) is 5.92 Å². The maximum Gasteiger partial charge on any atom is 0.322 e. The van der Waals surface area contributed by atoms with Crippen LogP contribution in [0.4, 0.5) is 4.39 Å². The van der Waals surface area contributed by atoms with E-state index in [2.05, 4.69) is 10.9 Å². The first-order valence-corrected chi connectivity index (χ1v) is 5.62. The van der Waals surface area contributed by atoms with Crippen LogP contribution >= 0.6 is 0 Å². The lowest BCUT2D eigenvalue weighted by Crippen LogP contribution is -2.38. The van der Waals surface area contributed by atoms with Gasteiger partial charge in [-0.1, -0.05) is 19.1 Å². The van der Waals surface area contributed by atoms with Gasteiger partial charge in [0.2, 0.25) is 0 Å². The lowest BCUT2D eigenvalue weighted by molar-refractivity contribution is -0.140. The highest BCUT2D eigenvalue weighted by molar-refractivity contribution is 5.74. The zero-order valence-corrected chi connectivity index (χ0v) is 9.48. The molecule has 0 aliphatic carbocycles. The van der Waals surface area contributed by atoms with E-state index in [4.69, 9.17) is 5.11 Å². The van der Waals surface area contributed by atoms with E-state index in [0.29, 0.717) is 0 Å². The lowest BCUT2D eigenvalue weighted by atomic mass is 9.87. The number of nitrogens with one attached hydrogen (secondary N) is 2. The molecule has 1 fully saturated rings. The van der Waals surface area contributed by atoms with Gasteiger partial charge in [-0.15, -0.1) is 0 Å². The molecule has 1 aromatic carbocycles. The minimum atomic E-state index is -0.867. The quantitative estimate of drug-likeness (QED) is 0.746. The standard InChI is InChI=1S/C12H15FN2O2/c1-2-9-10(14-15-11(9)12(16)17)7-3-5-8(13)6-4-7/h3-6,9-11,14-15H,2H2,1H3,(H,16,17). The zero-order chi connectivity index (χ0) is 12.4. The Hall–Kier alpha value is -1.46. The smallest absolute Gasteiger partial charge is 0.322 e. The van der Waals surface area contributed by atoms with Crippen LogP contribution in [-0.4, -0.2) is 17.1 Å². The Labute approximate surface area is 98.8 Å². The van der Waals surface area contributed by atoms with Crippen LogP contribution in [-0.2, 0) is 4.79 Å². The average Bonchev–Trinajstić information content (AvgIpc) is 2.73. The van der Waals surface area contributed by atoms with Gasteiger partial charge in [0.15, 0.2) is 0 Å². The van der Waals surface area contributed by atoms with Crippen molar-refractivity contribution in [3.05, 3.63) is 35.6 Å². The van der Waals surface area contributed by atoms with Crippen molar-refractivity contribution in [3.63, 3.8) is 0 Å². The molecule has 92 valence electrons. The maximum atomic E-state index is 12.8. The Morgan fingerprint density at radius 3 is 2.53 bits per heavy atom. The summed E-state index contributed by atoms with van der Waals surface area (Å²) in [6.07, 6.45) is 0.735. The molecule has 2 rings (SSSR count). The first-order chi connectivity index (χ1) is 8.13. The molecule has 0 aromatic heterocycles. The number of aliphatic carboxylic acids is 1. The van der Waals surface area contributed by atoms with E-state index in [1.165, 1.54) is 12.1 Å². The highest BCUT2D eigenvalue weighted by atomic mass is 19.1.